The Morgan fingerprint density at radius 3 is 2.52 bits per heavy atom. The molecule has 0 atom stereocenters. The summed E-state index contributed by atoms with van der Waals surface area (Å²) in [6, 6.07) is 10.7. The number of sulfonamides is 1. The zero-order valence-corrected chi connectivity index (χ0v) is 12.7. The number of halogens is 1. The van der Waals surface area contributed by atoms with Gasteiger partial charge in [0.1, 0.15) is 4.90 Å². The van der Waals surface area contributed by atoms with Crippen molar-refractivity contribution in [3.05, 3.63) is 58.6 Å². The summed E-state index contributed by atoms with van der Waals surface area (Å²) in [6.45, 7) is 1.85. The Kier molecular flexibility index (Phi) is 4.20. The lowest BCUT2D eigenvalue weighted by atomic mass is 10.2. The lowest BCUT2D eigenvalue weighted by Crippen LogP contribution is -2.16. The molecule has 0 aromatic heterocycles. The number of hydrogen-bond donors (Lipinski definition) is 2. The minimum absolute atomic E-state index is 0.0140. The van der Waals surface area contributed by atoms with Gasteiger partial charge in [-0.15, -0.1) is 0 Å². The van der Waals surface area contributed by atoms with Gasteiger partial charge in [0.2, 0.25) is 5.91 Å². The van der Waals surface area contributed by atoms with Gasteiger partial charge in [-0.1, -0.05) is 23.7 Å². The number of aryl methyl sites for hydroxylation is 1. The Labute approximate surface area is 127 Å². The smallest absolute Gasteiger partial charge is 0.263 e. The van der Waals surface area contributed by atoms with E-state index >= 15 is 0 Å². The van der Waals surface area contributed by atoms with Gasteiger partial charge in [-0.25, -0.2) is 8.42 Å². The predicted molar refractivity (Wildman–Crippen MR) is 82.0 cm³/mol. The SMILES string of the molecule is Cc1cccc(NS(=O)(=O)c2cc(C(N)=O)ccc2Cl)c1. The summed E-state index contributed by atoms with van der Waals surface area (Å²) < 4.78 is 27.1. The Bertz CT molecular complexity index is 804. The monoisotopic (exact) mass is 324 g/mol. The molecule has 0 saturated carbocycles. The molecule has 0 heterocycles. The molecular formula is C14H13ClN2O3S. The van der Waals surface area contributed by atoms with Crippen LogP contribution in [0.25, 0.3) is 0 Å². The molecule has 2 rings (SSSR count). The number of nitrogens with one attached hydrogen (secondary N) is 1. The van der Waals surface area contributed by atoms with Gasteiger partial charge in [0.05, 0.1) is 5.02 Å². The van der Waals surface area contributed by atoms with Crippen LogP contribution in [0, 0.1) is 6.92 Å². The third-order valence-electron chi connectivity index (χ3n) is 2.78. The van der Waals surface area contributed by atoms with Crippen molar-refractivity contribution in [3.8, 4) is 0 Å². The van der Waals surface area contributed by atoms with Crippen LogP contribution in [0.3, 0.4) is 0 Å². The first kappa shape index (κ1) is 15.3. The molecule has 5 nitrogen and oxygen atoms in total. The third kappa shape index (κ3) is 3.53. The Morgan fingerprint density at radius 1 is 1.19 bits per heavy atom. The fourth-order valence-electron chi connectivity index (χ4n) is 1.78. The first-order valence-electron chi connectivity index (χ1n) is 5.98. The molecule has 0 unspecified atom stereocenters. The first-order valence-corrected chi connectivity index (χ1v) is 7.84. The van der Waals surface area contributed by atoms with Gasteiger partial charge < -0.3 is 5.73 Å². The van der Waals surface area contributed by atoms with Gasteiger partial charge in [0.25, 0.3) is 10.0 Å². The molecule has 0 fully saturated rings. The molecule has 2 aromatic carbocycles. The summed E-state index contributed by atoms with van der Waals surface area (Å²) in [4.78, 5) is 11.0. The molecule has 1 amide bonds. The molecule has 0 aliphatic rings. The van der Waals surface area contributed by atoms with Crippen molar-refractivity contribution < 1.29 is 13.2 Å². The van der Waals surface area contributed by atoms with E-state index in [1.54, 1.807) is 18.2 Å². The summed E-state index contributed by atoms with van der Waals surface area (Å²) in [7, 11) is -3.91. The topological polar surface area (TPSA) is 89.3 Å². The van der Waals surface area contributed by atoms with Crippen molar-refractivity contribution in [1.29, 1.82) is 0 Å². The minimum atomic E-state index is -3.91. The lowest BCUT2D eigenvalue weighted by Gasteiger charge is -2.10. The van der Waals surface area contributed by atoms with E-state index in [0.29, 0.717) is 5.69 Å². The van der Waals surface area contributed by atoms with Crippen molar-refractivity contribution in [2.45, 2.75) is 11.8 Å². The largest absolute Gasteiger partial charge is 0.366 e. The number of carbonyl (C=O) groups excluding carboxylic acids is 1. The van der Waals surface area contributed by atoms with Crippen molar-refractivity contribution >= 4 is 33.2 Å². The van der Waals surface area contributed by atoms with Gasteiger partial charge in [0.15, 0.2) is 0 Å². The molecule has 0 aliphatic heterocycles. The quantitative estimate of drug-likeness (QED) is 0.905. The second-order valence-corrected chi connectivity index (χ2v) is 6.54. The van der Waals surface area contributed by atoms with E-state index in [-0.39, 0.29) is 15.5 Å². The number of rotatable bonds is 4. The van der Waals surface area contributed by atoms with E-state index in [0.717, 1.165) is 11.6 Å². The average Bonchev–Trinajstić information content (AvgIpc) is 2.38. The van der Waals surface area contributed by atoms with Crippen LogP contribution in [0.4, 0.5) is 5.69 Å². The van der Waals surface area contributed by atoms with Crippen molar-refractivity contribution in [2.75, 3.05) is 4.72 Å². The normalized spacial score (nSPS) is 11.1. The van der Waals surface area contributed by atoms with Crippen molar-refractivity contribution in [3.63, 3.8) is 0 Å². The van der Waals surface area contributed by atoms with Gasteiger partial charge in [-0.05, 0) is 42.8 Å². The fourth-order valence-corrected chi connectivity index (χ4v) is 3.36. The first-order chi connectivity index (χ1) is 9.79. The van der Waals surface area contributed by atoms with Crippen LogP contribution in [-0.4, -0.2) is 14.3 Å². The lowest BCUT2D eigenvalue weighted by molar-refractivity contribution is 0.1000. The van der Waals surface area contributed by atoms with Gasteiger partial charge in [-0.2, -0.15) is 0 Å². The maximum Gasteiger partial charge on any atom is 0.263 e. The maximum absolute atomic E-state index is 12.4. The standard InChI is InChI=1S/C14H13ClN2O3S/c1-9-3-2-4-11(7-9)17-21(19,20)13-8-10(14(16)18)5-6-12(13)15/h2-8,17H,1H3,(H2,16,18). The average molecular weight is 325 g/mol. The number of hydrogen-bond acceptors (Lipinski definition) is 3. The summed E-state index contributed by atoms with van der Waals surface area (Å²) in [5.74, 6) is -0.723. The number of nitrogens with two attached hydrogens (primary N) is 1. The van der Waals surface area contributed by atoms with Gasteiger partial charge >= 0.3 is 0 Å². The predicted octanol–water partition coefficient (Wildman–Crippen LogP) is 2.55. The summed E-state index contributed by atoms with van der Waals surface area (Å²) in [5, 5.41) is 0.0140. The molecule has 0 bridgehead atoms. The van der Waals surface area contributed by atoms with E-state index in [1.807, 2.05) is 13.0 Å². The number of amides is 1. The molecule has 3 N–H and O–H groups in total. The molecule has 2 aromatic rings. The number of anilines is 1. The molecule has 110 valence electrons. The second-order valence-electron chi connectivity index (χ2n) is 4.48. The summed E-state index contributed by atoms with van der Waals surface area (Å²) >= 11 is 5.91. The summed E-state index contributed by atoms with van der Waals surface area (Å²) in [6.07, 6.45) is 0. The highest BCUT2D eigenvalue weighted by atomic mass is 35.5. The van der Waals surface area contributed by atoms with E-state index in [9.17, 15) is 13.2 Å². The van der Waals surface area contributed by atoms with Crippen LogP contribution in [0.5, 0.6) is 0 Å². The fraction of sp³-hybridized carbons (Fsp3) is 0.0714. The number of carbonyl (C=O) groups is 1. The van der Waals surface area contributed by atoms with E-state index < -0.39 is 15.9 Å². The molecule has 0 radical (unpaired) electrons. The molecule has 0 saturated heterocycles. The van der Waals surface area contributed by atoms with Crippen LogP contribution in [0.15, 0.2) is 47.4 Å². The molecule has 0 spiro atoms. The highest BCUT2D eigenvalue weighted by molar-refractivity contribution is 7.92. The zero-order chi connectivity index (χ0) is 15.6. The van der Waals surface area contributed by atoms with E-state index in [4.69, 9.17) is 17.3 Å². The van der Waals surface area contributed by atoms with Crippen molar-refractivity contribution in [2.24, 2.45) is 5.73 Å². The molecule has 0 aliphatic carbocycles. The minimum Gasteiger partial charge on any atom is -0.366 e. The maximum atomic E-state index is 12.4. The summed E-state index contributed by atoms with van der Waals surface area (Å²) in [5.41, 5.74) is 6.55. The van der Waals surface area contributed by atoms with Gasteiger partial charge in [-0.3, -0.25) is 9.52 Å². The Hall–Kier alpha value is -2.05. The number of benzene rings is 2. The molecule has 21 heavy (non-hydrogen) atoms. The van der Waals surface area contributed by atoms with E-state index in [2.05, 4.69) is 4.72 Å². The van der Waals surface area contributed by atoms with Crippen LogP contribution >= 0.6 is 11.6 Å². The molecular weight excluding hydrogens is 312 g/mol. The zero-order valence-electron chi connectivity index (χ0n) is 11.1. The highest BCUT2D eigenvalue weighted by Crippen LogP contribution is 2.25. The Balaban J connectivity index is 2.44. The Morgan fingerprint density at radius 2 is 1.90 bits per heavy atom. The van der Waals surface area contributed by atoms with Crippen LogP contribution in [0.2, 0.25) is 5.02 Å². The third-order valence-corrected chi connectivity index (χ3v) is 4.64. The van der Waals surface area contributed by atoms with Crippen LogP contribution in [-0.2, 0) is 10.0 Å². The highest BCUT2D eigenvalue weighted by Gasteiger charge is 2.19. The van der Waals surface area contributed by atoms with E-state index in [1.165, 1.54) is 12.1 Å². The van der Waals surface area contributed by atoms with Gasteiger partial charge in [0, 0.05) is 11.3 Å². The number of primary amides is 1. The van der Waals surface area contributed by atoms with Crippen molar-refractivity contribution in [1.82, 2.24) is 0 Å². The second kappa shape index (κ2) is 5.75. The van der Waals surface area contributed by atoms with Crippen LogP contribution in [0.1, 0.15) is 15.9 Å². The van der Waals surface area contributed by atoms with Crippen LogP contribution < -0.4 is 10.5 Å². The molecule has 7 heteroatoms.